The Morgan fingerprint density at radius 2 is 1.53 bits per heavy atom. The van der Waals surface area contributed by atoms with E-state index in [0.29, 0.717) is 11.1 Å². The van der Waals surface area contributed by atoms with Crippen LogP contribution in [0.25, 0.3) is 11.1 Å². The standard InChI is InChI=1S/C21H16F3NO4S/c1-25(30(28,29)19-8-3-2-7-18(19)20(26)27)17-11-9-14(10-12-17)15-5-4-6-16(13-15)21(22,23)24/h2-13H,1H3,(H,26,27). The molecule has 3 aromatic rings. The van der Waals surface area contributed by atoms with Gasteiger partial charge in [-0.2, -0.15) is 13.2 Å². The number of hydrogen-bond acceptors (Lipinski definition) is 3. The van der Waals surface area contributed by atoms with Crippen LogP contribution in [0.15, 0.2) is 77.7 Å². The summed E-state index contributed by atoms with van der Waals surface area (Å²) < 4.78 is 65.5. The molecule has 0 saturated carbocycles. The van der Waals surface area contributed by atoms with Crippen LogP contribution in [0.1, 0.15) is 15.9 Å². The van der Waals surface area contributed by atoms with Crippen LogP contribution in [-0.2, 0) is 16.2 Å². The third kappa shape index (κ3) is 4.16. The number of aromatic carboxylic acids is 1. The molecular weight excluding hydrogens is 419 g/mol. The van der Waals surface area contributed by atoms with E-state index in [1.54, 1.807) is 0 Å². The van der Waals surface area contributed by atoms with Crippen LogP contribution in [0.5, 0.6) is 0 Å². The summed E-state index contributed by atoms with van der Waals surface area (Å²) in [4.78, 5) is 11.0. The van der Waals surface area contributed by atoms with Crippen molar-refractivity contribution in [3.05, 3.63) is 83.9 Å². The number of anilines is 1. The SMILES string of the molecule is CN(c1ccc(-c2cccc(C(F)(F)F)c2)cc1)S(=O)(=O)c1ccccc1C(=O)O. The molecule has 0 spiro atoms. The largest absolute Gasteiger partial charge is 0.478 e. The van der Waals surface area contributed by atoms with Crippen molar-refractivity contribution in [3.63, 3.8) is 0 Å². The van der Waals surface area contributed by atoms with Gasteiger partial charge in [0.2, 0.25) is 0 Å². The summed E-state index contributed by atoms with van der Waals surface area (Å²) in [5.41, 5.74) is -0.107. The molecule has 0 aliphatic heterocycles. The van der Waals surface area contributed by atoms with E-state index in [1.807, 2.05) is 0 Å². The topological polar surface area (TPSA) is 74.7 Å². The second-order valence-electron chi connectivity index (χ2n) is 6.40. The van der Waals surface area contributed by atoms with Crippen molar-refractivity contribution >= 4 is 21.7 Å². The molecule has 0 radical (unpaired) electrons. The highest BCUT2D eigenvalue weighted by atomic mass is 32.2. The van der Waals surface area contributed by atoms with Crippen molar-refractivity contribution in [2.24, 2.45) is 0 Å². The molecule has 9 heteroatoms. The van der Waals surface area contributed by atoms with E-state index in [2.05, 4.69) is 0 Å². The molecule has 5 nitrogen and oxygen atoms in total. The van der Waals surface area contributed by atoms with Crippen LogP contribution in [0, 0.1) is 0 Å². The van der Waals surface area contributed by atoms with E-state index in [0.717, 1.165) is 16.4 Å². The van der Waals surface area contributed by atoms with Gasteiger partial charge in [0.15, 0.2) is 0 Å². The first-order valence-corrected chi connectivity index (χ1v) is 10.0. The Kier molecular flexibility index (Phi) is 5.58. The predicted octanol–water partition coefficient (Wildman–Crippen LogP) is 4.90. The van der Waals surface area contributed by atoms with Gasteiger partial charge in [-0.05, 0) is 47.5 Å². The van der Waals surface area contributed by atoms with Crippen LogP contribution in [0.2, 0.25) is 0 Å². The summed E-state index contributed by atoms with van der Waals surface area (Å²) in [6, 6.07) is 15.9. The molecule has 0 aliphatic rings. The zero-order valence-corrected chi connectivity index (χ0v) is 16.4. The van der Waals surface area contributed by atoms with Crippen molar-refractivity contribution < 1.29 is 31.5 Å². The Hall–Kier alpha value is -3.33. The Bertz CT molecular complexity index is 1190. The minimum absolute atomic E-state index is 0.228. The molecule has 0 aliphatic carbocycles. The number of sulfonamides is 1. The van der Waals surface area contributed by atoms with Gasteiger partial charge in [0, 0.05) is 7.05 Å². The Morgan fingerprint density at radius 1 is 0.900 bits per heavy atom. The third-order valence-electron chi connectivity index (χ3n) is 4.51. The lowest BCUT2D eigenvalue weighted by Crippen LogP contribution is -2.28. The molecule has 30 heavy (non-hydrogen) atoms. The van der Waals surface area contributed by atoms with E-state index < -0.39 is 27.7 Å². The number of alkyl halides is 3. The van der Waals surface area contributed by atoms with E-state index in [9.17, 15) is 31.5 Å². The lowest BCUT2D eigenvalue weighted by atomic mass is 10.0. The first-order valence-electron chi connectivity index (χ1n) is 8.61. The van der Waals surface area contributed by atoms with Crippen LogP contribution in [-0.4, -0.2) is 26.5 Å². The molecular formula is C21H16F3NO4S. The zero-order valence-electron chi connectivity index (χ0n) is 15.6. The van der Waals surface area contributed by atoms with Crippen LogP contribution >= 0.6 is 0 Å². The average Bonchev–Trinajstić information content (AvgIpc) is 2.72. The minimum atomic E-state index is -4.47. The van der Waals surface area contributed by atoms with Gasteiger partial charge in [-0.25, -0.2) is 13.2 Å². The molecule has 1 N–H and O–H groups in total. The van der Waals surface area contributed by atoms with Gasteiger partial charge in [-0.3, -0.25) is 4.31 Å². The maximum Gasteiger partial charge on any atom is 0.416 e. The summed E-state index contributed by atoms with van der Waals surface area (Å²) in [5.74, 6) is -1.37. The predicted molar refractivity (Wildman–Crippen MR) is 106 cm³/mol. The third-order valence-corrected chi connectivity index (χ3v) is 6.35. The van der Waals surface area contributed by atoms with Crippen molar-refractivity contribution in [1.29, 1.82) is 0 Å². The molecule has 0 amide bonds. The molecule has 0 aromatic heterocycles. The summed E-state index contributed by atoms with van der Waals surface area (Å²) in [7, 11) is -2.90. The van der Waals surface area contributed by atoms with Crippen molar-refractivity contribution in [2.45, 2.75) is 11.1 Å². The molecule has 0 unspecified atom stereocenters. The number of carboxylic acids is 1. The Balaban J connectivity index is 1.94. The molecule has 0 atom stereocenters. The lowest BCUT2D eigenvalue weighted by molar-refractivity contribution is -0.137. The number of halogens is 3. The zero-order chi connectivity index (χ0) is 22.1. The lowest BCUT2D eigenvalue weighted by Gasteiger charge is -2.21. The average molecular weight is 435 g/mol. The van der Waals surface area contributed by atoms with E-state index >= 15 is 0 Å². The molecule has 0 bridgehead atoms. The Labute approximate surface area is 171 Å². The maximum absolute atomic E-state index is 12.9. The fraction of sp³-hybridized carbons (Fsp3) is 0.0952. The van der Waals surface area contributed by atoms with Gasteiger partial charge < -0.3 is 5.11 Å². The number of carbonyl (C=O) groups is 1. The minimum Gasteiger partial charge on any atom is -0.478 e. The summed E-state index contributed by atoms with van der Waals surface area (Å²) in [5, 5.41) is 9.26. The second-order valence-corrected chi connectivity index (χ2v) is 8.34. The monoisotopic (exact) mass is 435 g/mol. The normalized spacial score (nSPS) is 11.9. The maximum atomic E-state index is 12.9. The fourth-order valence-corrected chi connectivity index (χ4v) is 4.27. The summed E-state index contributed by atoms with van der Waals surface area (Å²) in [6.07, 6.45) is -4.47. The molecule has 3 rings (SSSR count). The highest BCUT2D eigenvalue weighted by Gasteiger charge is 2.30. The number of nitrogens with zero attached hydrogens (tertiary/aromatic N) is 1. The molecule has 0 saturated heterocycles. The second kappa shape index (κ2) is 7.83. The first-order chi connectivity index (χ1) is 14.0. The van der Waals surface area contributed by atoms with Gasteiger partial charge in [-0.15, -0.1) is 0 Å². The van der Waals surface area contributed by atoms with Gasteiger partial charge >= 0.3 is 12.1 Å². The van der Waals surface area contributed by atoms with Gasteiger partial charge in [0.05, 0.1) is 16.8 Å². The van der Waals surface area contributed by atoms with Crippen molar-refractivity contribution in [2.75, 3.05) is 11.4 Å². The van der Waals surface area contributed by atoms with E-state index in [4.69, 9.17) is 0 Å². The van der Waals surface area contributed by atoms with Crippen molar-refractivity contribution in [3.8, 4) is 11.1 Å². The summed E-state index contributed by atoms with van der Waals surface area (Å²) in [6.45, 7) is 0. The van der Waals surface area contributed by atoms with Crippen molar-refractivity contribution in [1.82, 2.24) is 0 Å². The Morgan fingerprint density at radius 3 is 2.13 bits per heavy atom. The highest BCUT2D eigenvalue weighted by Crippen LogP contribution is 2.33. The van der Waals surface area contributed by atoms with Gasteiger partial charge in [0.25, 0.3) is 10.0 Å². The van der Waals surface area contributed by atoms with Crippen LogP contribution < -0.4 is 4.31 Å². The van der Waals surface area contributed by atoms with Crippen LogP contribution in [0.3, 0.4) is 0 Å². The molecule has 0 heterocycles. The quantitative estimate of drug-likeness (QED) is 0.619. The highest BCUT2D eigenvalue weighted by molar-refractivity contribution is 7.92. The number of rotatable bonds is 5. The van der Waals surface area contributed by atoms with Gasteiger partial charge in [-0.1, -0.05) is 36.4 Å². The fourth-order valence-electron chi connectivity index (χ4n) is 2.89. The van der Waals surface area contributed by atoms with Crippen LogP contribution in [0.4, 0.5) is 18.9 Å². The molecule has 0 fully saturated rings. The number of hydrogen-bond donors (Lipinski definition) is 1. The molecule has 156 valence electrons. The smallest absolute Gasteiger partial charge is 0.416 e. The first kappa shape index (κ1) is 21.4. The van der Waals surface area contributed by atoms with E-state index in [-0.39, 0.29) is 16.1 Å². The number of carboxylic acid groups (broad SMARTS) is 1. The molecule has 3 aromatic carbocycles. The summed E-state index contributed by atoms with van der Waals surface area (Å²) >= 11 is 0. The van der Waals surface area contributed by atoms with E-state index in [1.165, 1.54) is 67.7 Å². The van der Waals surface area contributed by atoms with Gasteiger partial charge in [0.1, 0.15) is 4.90 Å². The number of benzene rings is 3.